The van der Waals surface area contributed by atoms with Gasteiger partial charge < -0.3 is 10.2 Å². The largest absolute Gasteiger partial charge is 0.367 e. The summed E-state index contributed by atoms with van der Waals surface area (Å²) in [5.74, 6) is 0. The fourth-order valence-electron chi connectivity index (χ4n) is 2.52. The second kappa shape index (κ2) is 6.91. The lowest BCUT2D eigenvalue weighted by atomic mass is 10.0. The van der Waals surface area contributed by atoms with Gasteiger partial charge in [-0.3, -0.25) is 4.79 Å². The van der Waals surface area contributed by atoms with Crippen molar-refractivity contribution in [3.63, 3.8) is 0 Å². The Balaban J connectivity index is 2.14. The summed E-state index contributed by atoms with van der Waals surface area (Å²) in [5.41, 5.74) is 0.413. The highest BCUT2D eigenvalue weighted by molar-refractivity contribution is 6.32. The van der Waals surface area contributed by atoms with Crippen LogP contribution in [0.15, 0.2) is 11.0 Å². The van der Waals surface area contributed by atoms with E-state index in [9.17, 15) is 4.79 Å². The van der Waals surface area contributed by atoms with Gasteiger partial charge in [0.25, 0.3) is 5.56 Å². The van der Waals surface area contributed by atoms with Crippen molar-refractivity contribution < 1.29 is 0 Å². The number of piperidine rings is 1. The van der Waals surface area contributed by atoms with Crippen LogP contribution < -0.4 is 15.8 Å². The SMILES string of the molecule is CCCN(CC1CCCCN1)c1cn[nH]c(=O)c1Cl. The maximum absolute atomic E-state index is 11.5. The van der Waals surface area contributed by atoms with E-state index in [0.29, 0.717) is 6.04 Å². The van der Waals surface area contributed by atoms with Crippen molar-refractivity contribution in [3.8, 4) is 0 Å². The first-order valence-corrected chi connectivity index (χ1v) is 7.31. The highest BCUT2D eigenvalue weighted by atomic mass is 35.5. The molecule has 1 unspecified atom stereocenters. The molecule has 0 spiro atoms. The highest BCUT2D eigenvalue weighted by Gasteiger charge is 2.19. The Labute approximate surface area is 118 Å². The molecule has 106 valence electrons. The maximum Gasteiger partial charge on any atom is 0.285 e. The van der Waals surface area contributed by atoms with Crippen LogP contribution in [0.3, 0.4) is 0 Å². The summed E-state index contributed by atoms with van der Waals surface area (Å²) >= 11 is 6.10. The third-order valence-corrected chi connectivity index (χ3v) is 3.83. The number of rotatable bonds is 5. The number of anilines is 1. The van der Waals surface area contributed by atoms with E-state index < -0.39 is 0 Å². The molecule has 1 aromatic rings. The van der Waals surface area contributed by atoms with Crippen molar-refractivity contribution >= 4 is 17.3 Å². The van der Waals surface area contributed by atoms with Gasteiger partial charge >= 0.3 is 0 Å². The van der Waals surface area contributed by atoms with Crippen molar-refractivity contribution in [2.45, 2.75) is 38.6 Å². The predicted molar refractivity (Wildman–Crippen MR) is 78.0 cm³/mol. The molecule has 2 heterocycles. The van der Waals surface area contributed by atoms with Gasteiger partial charge in [-0.2, -0.15) is 5.10 Å². The number of hydrogen-bond donors (Lipinski definition) is 2. The number of H-pyrrole nitrogens is 1. The van der Waals surface area contributed by atoms with E-state index in [-0.39, 0.29) is 10.6 Å². The second-order valence-electron chi connectivity index (χ2n) is 4.99. The number of aromatic nitrogens is 2. The van der Waals surface area contributed by atoms with Gasteiger partial charge in [0.05, 0.1) is 11.9 Å². The Morgan fingerprint density at radius 3 is 3.05 bits per heavy atom. The molecule has 1 fully saturated rings. The first-order chi connectivity index (χ1) is 9.22. The van der Waals surface area contributed by atoms with Crippen molar-refractivity contribution in [1.29, 1.82) is 0 Å². The Bertz CT molecular complexity index is 456. The molecule has 2 N–H and O–H groups in total. The van der Waals surface area contributed by atoms with Gasteiger partial charge in [0.15, 0.2) is 0 Å². The Morgan fingerprint density at radius 1 is 1.53 bits per heavy atom. The first kappa shape index (κ1) is 14.3. The van der Waals surface area contributed by atoms with Crippen LogP contribution in [-0.4, -0.2) is 35.9 Å². The summed E-state index contributed by atoms with van der Waals surface area (Å²) in [6.45, 7) is 4.95. The number of nitrogens with one attached hydrogen (secondary N) is 2. The van der Waals surface area contributed by atoms with Gasteiger partial charge in [0.2, 0.25) is 0 Å². The molecule has 0 radical (unpaired) electrons. The first-order valence-electron chi connectivity index (χ1n) is 6.94. The molecule has 2 rings (SSSR count). The molecule has 1 saturated heterocycles. The molecule has 1 atom stereocenters. The smallest absolute Gasteiger partial charge is 0.285 e. The molecule has 6 heteroatoms. The van der Waals surface area contributed by atoms with Gasteiger partial charge in [0.1, 0.15) is 5.02 Å². The molecule has 1 aliphatic heterocycles. The summed E-state index contributed by atoms with van der Waals surface area (Å²) in [7, 11) is 0. The molecule has 0 bridgehead atoms. The van der Waals surface area contributed by atoms with Crippen LogP contribution in [-0.2, 0) is 0 Å². The van der Waals surface area contributed by atoms with Gasteiger partial charge in [-0.05, 0) is 25.8 Å². The fourth-order valence-corrected chi connectivity index (χ4v) is 2.73. The third kappa shape index (κ3) is 3.70. The molecule has 5 nitrogen and oxygen atoms in total. The Kier molecular flexibility index (Phi) is 5.22. The number of hydrogen-bond acceptors (Lipinski definition) is 4. The normalized spacial score (nSPS) is 19.4. The zero-order valence-corrected chi connectivity index (χ0v) is 12.0. The molecule has 19 heavy (non-hydrogen) atoms. The summed E-state index contributed by atoms with van der Waals surface area (Å²) in [5, 5.41) is 9.97. The van der Waals surface area contributed by atoms with Gasteiger partial charge in [-0.25, -0.2) is 5.10 Å². The quantitative estimate of drug-likeness (QED) is 0.865. The maximum atomic E-state index is 11.5. The standard InChI is InChI=1S/C13H21ClN4O/c1-2-7-18(9-10-5-3-4-6-15-10)11-8-16-17-13(19)12(11)14/h8,10,15H,2-7,9H2,1H3,(H,17,19). The summed E-state index contributed by atoms with van der Waals surface area (Å²) in [6.07, 6.45) is 6.34. The summed E-state index contributed by atoms with van der Waals surface area (Å²) < 4.78 is 0. The van der Waals surface area contributed by atoms with Crippen molar-refractivity contribution in [2.24, 2.45) is 0 Å². The lowest BCUT2D eigenvalue weighted by Gasteiger charge is -2.32. The third-order valence-electron chi connectivity index (χ3n) is 3.46. The fraction of sp³-hybridized carbons (Fsp3) is 0.692. The Morgan fingerprint density at radius 2 is 2.37 bits per heavy atom. The van der Waals surface area contributed by atoms with Crippen molar-refractivity contribution in [3.05, 3.63) is 21.6 Å². The van der Waals surface area contributed by atoms with Crippen LogP contribution in [0.25, 0.3) is 0 Å². The molecule has 1 aliphatic rings. The molecule has 0 saturated carbocycles. The van der Waals surface area contributed by atoms with E-state index in [1.807, 2.05) is 0 Å². The van der Waals surface area contributed by atoms with E-state index in [1.165, 1.54) is 19.3 Å². The molecular weight excluding hydrogens is 264 g/mol. The van der Waals surface area contributed by atoms with E-state index >= 15 is 0 Å². The Hall–Kier alpha value is -1.07. The lowest BCUT2D eigenvalue weighted by molar-refractivity contribution is 0.399. The number of aromatic amines is 1. The molecule has 1 aromatic heterocycles. The van der Waals surface area contributed by atoms with E-state index in [0.717, 1.165) is 31.7 Å². The minimum Gasteiger partial charge on any atom is -0.367 e. The van der Waals surface area contributed by atoms with Crippen LogP contribution in [0.1, 0.15) is 32.6 Å². The van der Waals surface area contributed by atoms with Crippen LogP contribution in [0.5, 0.6) is 0 Å². The average molecular weight is 285 g/mol. The number of halogens is 1. The van der Waals surface area contributed by atoms with E-state index in [2.05, 4.69) is 27.3 Å². The topological polar surface area (TPSA) is 61.0 Å². The van der Waals surface area contributed by atoms with Crippen LogP contribution >= 0.6 is 11.6 Å². The van der Waals surface area contributed by atoms with E-state index in [4.69, 9.17) is 11.6 Å². The van der Waals surface area contributed by atoms with Gasteiger partial charge in [-0.1, -0.05) is 24.9 Å². The van der Waals surface area contributed by atoms with Crippen LogP contribution in [0.4, 0.5) is 5.69 Å². The van der Waals surface area contributed by atoms with Crippen LogP contribution in [0, 0.1) is 0 Å². The monoisotopic (exact) mass is 284 g/mol. The molecular formula is C13H21ClN4O. The zero-order chi connectivity index (χ0) is 13.7. The number of nitrogens with zero attached hydrogens (tertiary/aromatic N) is 2. The minimum absolute atomic E-state index is 0.235. The average Bonchev–Trinajstić information content (AvgIpc) is 2.43. The zero-order valence-electron chi connectivity index (χ0n) is 11.3. The minimum atomic E-state index is -0.322. The lowest BCUT2D eigenvalue weighted by Crippen LogP contribution is -2.44. The van der Waals surface area contributed by atoms with E-state index in [1.54, 1.807) is 6.20 Å². The molecule has 0 aliphatic carbocycles. The van der Waals surface area contributed by atoms with Crippen molar-refractivity contribution in [1.82, 2.24) is 15.5 Å². The summed E-state index contributed by atoms with van der Waals surface area (Å²) in [4.78, 5) is 13.7. The summed E-state index contributed by atoms with van der Waals surface area (Å²) in [6, 6.07) is 0.468. The predicted octanol–water partition coefficient (Wildman–Crippen LogP) is 1.78. The molecule has 0 amide bonds. The second-order valence-corrected chi connectivity index (χ2v) is 5.37. The van der Waals surface area contributed by atoms with Crippen LogP contribution in [0.2, 0.25) is 5.02 Å². The molecule has 0 aromatic carbocycles. The van der Waals surface area contributed by atoms with Gasteiger partial charge in [0, 0.05) is 19.1 Å². The van der Waals surface area contributed by atoms with Crippen molar-refractivity contribution in [2.75, 3.05) is 24.5 Å². The highest BCUT2D eigenvalue weighted by Crippen LogP contribution is 2.22. The van der Waals surface area contributed by atoms with Gasteiger partial charge in [-0.15, -0.1) is 0 Å².